The van der Waals surface area contributed by atoms with Crippen molar-refractivity contribution in [3.8, 4) is 0 Å². The molecule has 2 nitrogen and oxygen atoms in total. The highest BCUT2D eigenvalue weighted by molar-refractivity contribution is 9.10. The molecule has 1 aliphatic rings. The van der Waals surface area contributed by atoms with Crippen LogP contribution in [0.2, 0.25) is 5.02 Å². The van der Waals surface area contributed by atoms with Crippen LogP contribution in [0.5, 0.6) is 0 Å². The third-order valence-electron chi connectivity index (χ3n) is 4.23. The second-order valence-electron chi connectivity index (χ2n) is 5.39. The van der Waals surface area contributed by atoms with Gasteiger partial charge in [-0.25, -0.2) is 4.39 Å². The van der Waals surface area contributed by atoms with Crippen molar-refractivity contribution in [1.82, 2.24) is 5.43 Å². The molecule has 1 saturated carbocycles. The molecule has 1 atom stereocenters. The molecule has 5 heteroatoms. The first-order valence-corrected chi connectivity index (χ1v) is 7.92. The summed E-state index contributed by atoms with van der Waals surface area (Å²) in [5.41, 5.74) is 4.31. The highest BCUT2D eigenvalue weighted by atomic mass is 79.9. The SMILES string of the molecule is NNC(c1ccc(Br)c(Cl)c1F)C1(c2ccccc2)CC1. The Bertz CT molecular complexity index is 659. The fraction of sp³-hybridized carbons (Fsp3) is 0.250. The van der Waals surface area contributed by atoms with Gasteiger partial charge in [0.15, 0.2) is 0 Å². The molecule has 2 aromatic carbocycles. The highest BCUT2D eigenvalue weighted by Crippen LogP contribution is 2.56. The van der Waals surface area contributed by atoms with Gasteiger partial charge in [0.25, 0.3) is 0 Å². The summed E-state index contributed by atoms with van der Waals surface area (Å²) < 4.78 is 15.1. The molecule has 0 heterocycles. The first-order chi connectivity index (χ1) is 10.1. The van der Waals surface area contributed by atoms with Crippen LogP contribution in [0.15, 0.2) is 46.9 Å². The molecule has 0 saturated heterocycles. The summed E-state index contributed by atoms with van der Waals surface area (Å²) in [6.07, 6.45) is 1.94. The van der Waals surface area contributed by atoms with Gasteiger partial charge in [-0.05, 0) is 40.4 Å². The summed E-state index contributed by atoms with van der Waals surface area (Å²) >= 11 is 9.25. The standard InChI is InChI=1S/C16H15BrClFN2/c17-12-7-6-11(14(19)13(12)18)15(21-20)16(8-9-16)10-4-2-1-3-5-10/h1-7,15,21H,8-9,20H2. The van der Waals surface area contributed by atoms with Crippen molar-refractivity contribution in [3.63, 3.8) is 0 Å². The minimum atomic E-state index is -0.420. The average molecular weight is 370 g/mol. The zero-order valence-electron chi connectivity index (χ0n) is 11.2. The molecule has 2 aromatic rings. The molecule has 110 valence electrons. The van der Waals surface area contributed by atoms with Crippen molar-refractivity contribution in [2.75, 3.05) is 0 Å². The third-order valence-corrected chi connectivity index (χ3v) is 5.49. The number of nitrogens with one attached hydrogen (secondary N) is 1. The lowest BCUT2D eigenvalue weighted by Crippen LogP contribution is -2.37. The van der Waals surface area contributed by atoms with E-state index in [1.54, 1.807) is 12.1 Å². The lowest BCUT2D eigenvalue weighted by atomic mass is 9.84. The van der Waals surface area contributed by atoms with E-state index in [1.165, 1.54) is 5.56 Å². The second kappa shape index (κ2) is 5.69. The van der Waals surface area contributed by atoms with E-state index in [-0.39, 0.29) is 16.5 Å². The van der Waals surface area contributed by atoms with E-state index in [4.69, 9.17) is 17.4 Å². The second-order valence-corrected chi connectivity index (χ2v) is 6.62. The Labute approximate surface area is 136 Å². The summed E-state index contributed by atoms with van der Waals surface area (Å²) in [6, 6.07) is 13.3. The van der Waals surface area contributed by atoms with Crippen LogP contribution < -0.4 is 11.3 Å². The maximum absolute atomic E-state index is 14.5. The lowest BCUT2D eigenvalue weighted by Gasteiger charge is -2.28. The molecule has 1 fully saturated rings. The van der Waals surface area contributed by atoms with Crippen LogP contribution in [0.3, 0.4) is 0 Å². The Morgan fingerprint density at radius 2 is 1.86 bits per heavy atom. The number of hydrogen-bond donors (Lipinski definition) is 2. The predicted octanol–water partition coefficient (Wildman–Crippen LogP) is 4.48. The third kappa shape index (κ3) is 2.50. The van der Waals surface area contributed by atoms with Gasteiger partial charge < -0.3 is 0 Å². The quantitative estimate of drug-likeness (QED) is 0.474. The Morgan fingerprint density at radius 3 is 2.43 bits per heavy atom. The molecule has 0 amide bonds. The van der Waals surface area contributed by atoms with Gasteiger partial charge in [-0.15, -0.1) is 0 Å². The van der Waals surface area contributed by atoms with E-state index in [9.17, 15) is 4.39 Å². The van der Waals surface area contributed by atoms with E-state index >= 15 is 0 Å². The summed E-state index contributed by atoms with van der Waals surface area (Å²) in [4.78, 5) is 0. The molecule has 3 N–H and O–H groups in total. The van der Waals surface area contributed by atoms with Gasteiger partial charge in [0, 0.05) is 15.5 Å². The fourth-order valence-corrected chi connectivity index (χ4v) is 3.44. The molecule has 0 radical (unpaired) electrons. The molecular formula is C16H15BrClFN2. The first kappa shape index (κ1) is 15.0. The molecule has 3 rings (SSSR count). The topological polar surface area (TPSA) is 38.0 Å². The number of nitrogens with two attached hydrogens (primary N) is 1. The number of hydrazine groups is 1. The van der Waals surface area contributed by atoms with Crippen molar-refractivity contribution in [3.05, 3.63) is 68.9 Å². The van der Waals surface area contributed by atoms with Crippen LogP contribution in [-0.4, -0.2) is 0 Å². The molecule has 1 unspecified atom stereocenters. The highest BCUT2D eigenvalue weighted by Gasteiger charge is 2.51. The summed E-state index contributed by atoms with van der Waals surface area (Å²) in [5, 5.41) is 0.0941. The smallest absolute Gasteiger partial charge is 0.147 e. The van der Waals surface area contributed by atoms with Gasteiger partial charge in [-0.3, -0.25) is 11.3 Å². The van der Waals surface area contributed by atoms with Crippen molar-refractivity contribution in [1.29, 1.82) is 0 Å². The summed E-state index contributed by atoms with van der Waals surface area (Å²) in [6.45, 7) is 0. The zero-order valence-corrected chi connectivity index (χ0v) is 13.6. The van der Waals surface area contributed by atoms with Gasteiger partial charge in [0.05, 0.1) is 11.1 Å². The van der Waals surface area contributed by atoms with E-state index in [0.29, 0.717) is 10.0 Å². The van der Waals surface area contributed by atoms with Gasteiger partial charge in [0.1, 0.15) is 5.82 Å². The van der Waals surface area contributed by atoms with E-state index in [0.717, 1.165) is 12.8 Å². The van der Waals surface area contributed by atoms with Crippen LogP contribution in [0.25, 0.3) is 0 Å². The van der Waals surface area contributed by atoms with Crippen LogP contribution in [0.1, 0.15) is 30.0 Å². The summed E-state index contributed by atoms with van der Waals surface area (Å²) in [5.74, 6) is 5.33. The monoisotopic (exact) mass is 368 g/mol. The number of benzene rings is 2. The van der Waals surface area contributed by atoms with E-state index < -0.39 is 5.82 Å². The van der Waals surface area contributed by atoms with E-state index in [1.807, 2.05) is 18.2 Å². The van der Waals surface area contributed by atoms with Crippen LogP contribution in [0, 0.1) is 5.82 Å². The van der Waals surface area contributed by atoms with Crippen molar-refractivity contribution in [2.45, 2.75) is 24.3 Å². The fourth-order valence-electron chi connectivity index (χ4n) is 2.96. The Hall–Kier alpha value is -0.940. The normalized spacial score (nSPS) is 17.5. The van der Waals surface area contributed by atoms with E-state index in [2.05, 4.69) is 33.5 Å². The minimum Gasteiger partial charge on any atom is -0.271 e. The predicted molar refractivity (Wildman–Crippen MR) is 86.5 cm³/mol. The maximum atomic E-state index is 14.5. The van der Waals surface area contributed by atoms with Crippen molar-refractivity contribution >= 4 is 27.5 Å². The van der Waals surface area contributed by atoms with Gasteiger partial charge >= 0.3 is 0 Å². The molecule has 0 bridgehead atoms. The zero-order chi connectivity index (χ0) is 15.0. The molecule has 21 heavy (non-hydrogen) atoms. The molecule has 0 spiro atoms. The average Bonchev–Trinajstić information content (AvgIpc) is 3.30. The minimum absolute atomic E-state index is 0.0941. The summed E-state index contributed by atoms with van der Waals surface area (Å²) in [7, 11) is 0. The number of rotatable bonds is 4. The van der Waals surface area contributed by atoms with Crippen LogP contribution >= 0.6 is 27.5 Å². The van der Waals surface area contributed by atoms with Crippen molar-refractivity contribution in [2.24, 2.45) is 5.84 Å². The number of halogens is 3. The molecule has 0 aromatic heterocycles. The van der Waals surface area contributed by atoms with Gasteiger partial charge in [0.2, 0.25) is 0 Å². The maximum Gasteiger partial charge on any atom is 0.147 e. The van der Waals surface area contributed by atoms with Crippen LogP contribution in [0.4, 0.5) is 4.39 Å². The molecule has 0 aliphatic heterocycles. The Balaban J connectivity index is 2.06. The Morgan fingerprint density at radius 1 is 1.19 bits per heavy atom. The lowest BCUT2D eigenvalue weighted by molar-refractivity contribution is 0.420. The van der Waals surface area contributed by atoms with Crippen LogP contribution in [-0.2, 0) is 5.41 Å². The van der Waals surface area contributed by atoms with Gasteiger partial charge in [-0.2, -0.15) is 0 Å². The van der Waals surface area contributed by atoms with Gasteiger partial charge in [-0.1, -0.05) is 48.0 Å². The van der Waals surface area contributed by atoms with Crippen molar-refractivity contribution < 1.29 is 4.39 Å². The number of hydrogen-bond acceptors (Lipinski definition) is 2. The molecule has 1 aliphatic carbocycles. The molecular weight excluding hydrogens is 355 g/mol. The largest absolute Gasteiger partial charge is 0.271 e. The Kier molecular flexibility index (Phi) is 4.06. The first-order valence-electron chi connectivity index (χ1n) is 6.75.